The molecule has 0 fully saturated rings. The summed E-state index contributed by atoms with van der Waals surface area (Å²) in [5.41, 5.74) is 1.62. The lowest BCUT2D eigenvalue weighted by atomic mass is 10.0. The lowest BCUT2D eigenvalue weighted by molar-refractivity contribution is 0.347. The molecule has 0 amide bonds. The van der Waals surface area contributed by atoms with Gasteiger partial charge in [0, 0.05) is 19.1 Å². The second kappa shape index (κ2) is 5.40. The normalized spacial score (nSPS) is 21.3. The summed E-state index contributed by atoms with van der Waals surface area (Å²) in [6, 6.07) is 0.646. The average Bonchev–Trinajstić information content (AvgIpc) is 2.14. The van der Waals surface area contributed by atoms with E-state index in [-0.39, 0.29) is 0 Å². The Morgan fingerprint density at radius 3 is 3.00 bits per heavy atom. The minimum absolute atomic E-state index is 0.646. The maximum atomic E-state index is 3.27. The summed E-state index contributed by atoms with van der Waals surface area (Å²) in [4.78, 5) is 2.40. The summed E-state index contributed by atoms with van der Waals surface area (Å²) >= 11 is 0. The Balaban J connectivity index is 2.24. The third-order valence-corrected chi connectivity index (χ3v) is 2.81. The number of nitrogens with zero attached hydrogens (tertiary/aromatic N) is 1. The van der Waals surface area contributed by atoms with Crippen molar-refractivity contribution < 1.29 is 0 Å². The average molecular weight is 182 g/mol. The summed E-state index contributed by atoms with van der Waals surface area (Å²) < 4.78 is 0. The Morgan fingerprint density at radius 2 is 2.38 bits per heavy atom. The molecule has 0 aromatic heterocycles. The van der Waals surface area contributed by atoms with E-state index >= 15 is 0 Å². The van der Waals surface area contributed by atoms with E-state index < -0.39 is 0 Å². The van der Waals surface area contributed by atoms with Gasteiger partial charge in [-0.3, -0.25) is 0 Å². The molecule has 0 aliphatic carbocycles. The highest BCUT2D eigenvalue weighted by molar-refractivity contribution is 5.07. The van der Waals surface area contributed by atoms with Gasteiger partial charge in [0.15, 0.2) is 0 Å². The van der Waals surface area contributed by atoms with Crippen LogP contribution in [0.15, 0.2) is 11.6 Å². The molecule has 1 rings (SSSR count). The van der Waals surface area contributed by atoms with Gasteiger partial charge < -0.3 is 10.2 Å². The van der Waals surface area contributed by atoms with E-state index in [1.807, 2.05) is 7.05 Å². The number of hydrogen-bond acceptors (Lipinski definition) is 2. The molecule has 1 atom stereocenters. The quantitative estimate of drug-likeness (QED) is 0.665. The molecule has 0 saturated carbocycles. The minimum atomic E-state index is 0.646. The Morgan fingerprint density at radius 1 is 1.62 bits per heavy atom. The van der Waals surface area contributed by atoms with Crippen LogP contribution in [0.5, 0.6) is 0 Å². The van der Waals surface area contributed by atoms with Crippen molar-refractivity contribution in [1.29, 1.82) is 0 Å². The Kier molecular flexibility index (Phi) is 4.46. The van der Waals surface area contributed by atoms with E-state index in [0.29, 0.717) is 6.04 Å². The summed E-state index contributed by atoms with van der Waals surface area (Å²) in [6.07, 6.45) is 6.17. The molecule has 1 aliphatic rings. The second-order valence-electron chi connectivity index (χ2n) is 4.12. The van der Waals surface area contributed by atoms with Crippen molar-refractivity contribution in [1.82, 2.24) is 10.2 Å². The van der Waals surface area contributed by atoms with Crippen LogP contribution >= 0.6 is 0 Å². The molecule has 76 valence electrons. The second-order valence-corrected chi connectivity index (χ2v) is 4.12. The van der Waals surface area contributed by atoms with Gasteiger partial charge in [-0.25, -0.2) is 0 Å². The zero-order valence-electron chi connectivity index (χ0n) is 9.14. The lowest BCUT2D eigenvalue weighted by Crippen LogP contribution is -2.27. The van der Waals surface area contributed by atoms with Gasteiger partial charge in [-0.1, -0.05) is 11.6 Å². The van der Waals surface area contributed by atoms with Crippen LogP contribution in [0.2, 0.25) is 0 Å². The van der Waals surface area contributed by atoms with E-state index in [4.69, 9.17) is 0 Å². The third-order valence-electron chi connectivity index (χ3n) is 2.81. The summed E-state index contributed by atoms with van der Waals surface area (Å²) in [7, 11) is 4.24. The number of nitrogens with one attached hydrogen (secondary N) is 1. The first-order chi connectivity index (χ1) is 6.22. The molecular formula is C11H22N2. The van der Waals surface area contributed by atoms with E-state index in [9.17, 15) is 0 Å². The largest absolute Gasteiger partial charge is 0.317 e. The van der Waals surface area contributed by atoms with Gasteiger partial charge in [-0.15, -0.1) is 0 Å². The Bertz CT molecular complexity index is 175. The highest BCUT2D eigenvalue weighted by Gasteiger charge is 2.08. The lowest BCUT2D eigenvalue weighted by Gasteiger charge is -2.23. The minimum Gasteiger partial charge on any atom is -0.317 e. The highest BCUT2D eigenvalue weighted by Crippen LogP contribution is 2.14. The van der Waals surface area contributed by atoms with Crippen LogP contribution in [0.4, 0.5) is 0 Å². The van der Waals surface area contributed by atoms with Crippen molar-refractivity contribution in [3.05, 3.63) is 11.6 Å². The van der Waals surface area contributed by atoms with Crippen LogP contribution in [-0.4, -0.2) is 38.1 Å². The zero-order chi connectivity index (χ0) is 9.68. The van der Waals surface area contributed by atoms with E-state index in [1.165, 1.54) is 32.4 Å². The predicted molar refractivity (Wildman–Crippen MR) is 58.0 cm³/mol. The van der Waals surface area contributed by atoms with Gasteiger partial charge in [0.05, 0.1) is 0 Å². The van der Waals surface area contributed by atoms with Gasteiger partial charge in [0.25, 0.3) is 0 Å². The molecular weight excluding hydrogens is 160 g/mol. The van der Waals surface area contributed by atoms with Crippen LogP contribution in [0, 0.1) is 0 Å². The van der Waals surface area contributed by atoms with Crippen molar-refractivity contribution in [2.24, 2.45) is 0 Å². The fourth-order valence-corrected chi connectivity index (χ4v) is 1.71. The van der Waals surface area contributed by atoms with Crippen LogP contribution in [0.25, 0.3) is 0 Å². The first-order valence-electron chi connectivity index (χ1n) is 5.26. The van der Waals surface area contributed by atoms with Crippen LogP contribution in [0.1, 0.15) is 26.2 Å². The molecule has 0 spiro atoms. The number of hydrogen-bond donors (Lipinski definition) is 1. The zero-order valence-corrected chi connectivity index (χ0v) is 9.14. The predicted octanol–water partition coefficient (Wildman–Crippen LogP) is 1.64. The first kappa shape index (κ1) is 10.7. The third kappa shape index (κ3) is 3.92. The van der Waals surface area contributed by atoms with Crippen LogP contribution in [0.3, 0.4) is 0 Å². The molecule has 0 aromatic carbocycles. The van der Waals surface area contributed by atoms with Gasteiger partial charge in [-0.05, 0) is 40.3 Å². The van der Waals surface area contributed by atoms with Crippen LogP contribution in [-0.2, 0) is 0 Å². The molecule has 1 N–H and O–H groups in total. The van der Waals surface area contributed by atoms with Crippen molar-refractivity contribution in [2.75, 3.05) is 27.2 Å². The van der Waals surface area contributed by atoms with E-state index in [2.05, 4.69) is 30.3 Å². The molecule has 0 radical (unpaired) electrons. The molecule has 1 heterocycles. The van der Waals surface area contributed by atoms with Crippen molar-refractivity contribution >= 4 is 0 Å². The first-order valence-corrected chi connectivity index (χ1v) is 5.26. The fourth-order valence-electron chi connectivity index (χ4n) is 1.71. The van der Waals surface area contributed by atoms with Crippen LogP contribution < -0.4 is 5.32 Å². The smallest absolute Gasteiger partial charge is 0.0189 e. The van der Waals surface area contributed by atoms with Gasteiger partial charge in [0.1, 0.15) is 0 Å². The summed E-state index contributed by atoms with van der Waals surface area (Å²) in [5, 5.41) is 3.27. The molecule has 0 aromatic rings. The molecule has 2 nitrogen and oxygen atoms in total. The van der Waals surface area contributed by atoms with E-state index in [1.54, 1.807) is 5.57 Å². The van der Waals surface area contributed by atoms with E-state index in [0.717, 1.165) is 0 Å². The SMILES string of the molecule is CNC(C)CCC1=CCCN(C)C1. The monoisotopic (exact) mass is 182 g/mol. The molecule has 0 saturated heterocycles. The maximum Gasteiger partial charge on any atom is 0.0189 e. The summed E-state index contributed by atoms with van der Waals surface area (Å²) in [6.45, 7) is 4.65. The highest BCUT2D eigenvalue weighted by atomic mass is 15.1. The Hall–Kier alpha value is -0.340. The van der Waals surface area contributed by atoms with Crippen molar-refractivity contribution in [3.63, 3.8) is 0 Å². The van der Waals surface area contributed by atoms with Crippen molar-refractivity contribution in [3.8, 4) is 0 Å². The topological polar surface area (TPSA) is 15.3 Å². The fraction of sp³-hybridized carbons (Fsp3) is 0.818. The Labute approximate surface area is 82.0 Å². The molecule has 13 heavy (non-hydrogen) atoms. The van der Waals surface area contributed by atoms with Gasteiger partial charge >= 0.3 is 0 Å². The van der Waals surface area contributed by atoms with Crippen molar-refractivity contribution in [2.45, 2.75) is 32.2 Å². The standard InChI is InChI=1S/C11H22N2/c1-10(12-2)6-7-11-5-4-8-13(3)9-11/h5,10,12H,4,6-9H2,1-3H3. The molecule has 1 unspecified atom stereocenters. The van der Waals surface area contributed by atoms with Gasteiger partial charge in [0.2, 0.25) is 0 Å². The summed E-state index contributed by atoms with van der Waals surface area (Å²) in [5.74, 6) is 0. The molecule has 0 bridgehead atoms. The molecule has 1 aliphatic heterocycles. The molecule has 2 heteroatoms. The number of likely N-dealkylation sites (N-methyl/N-ethyl adjacent to an activating group) is 1. The maximum absolute atomic E-state index is 3.27. The number of rotatable bonds is 4. The van der Waals surface area contributed by atoms with Gasteiger partial charge in [-0.2, -0.15) is 0 Å².